The van der Waals surface area contributed by atoms with Gasteiger partial charge in [-0.2, -0.15) is 0 Å². The minimum atomic E-state index is -1.03. The van der Waals surface area contributed by atoms with Gasteiger partial charge in [-0.05, 0) is 22.8 Å². The van der Waals surface area contributed by atoms with Crippen LogP contribution in [0.4, 0.5) is 4.79 Å². The average Bonchev–Trinajstić information content (AvgIpc) is 2.84. The SMILES string of the molecule is CC(C)C(NC(=O)N[C@@H](C(=O)O)C(C)(C)C)c1cccs1. The van der Waals surface area contributed by atoms with E-state index in [2.05, 4.69) is 10.6 Å². The van der Waals surface area contributed by atoms with Gasteiger partial charge in [0.25, 0.3) is 0 Å². The Bertz CT molecular complexity index is 478. The molecule has 1 heterocycles. The van der Waals surface area contributed by atoms with Crippen molar-refractivity contribution in [3.63, 3.8) is 0 Å². The zero-order valence-electron chi connectivity index (χ0n) is 13.1. The van der Waals surface area contributed by atoms with Crippen molar-refractivity contribution in [2.75, 3.05) is 0 Å². The molecule has 1 unspecified atom stereocenters. The molecule has 0 aliphatic heterocycles. The molecule has 0 aliphatic rings. The smallest absolute Gasteiger partial charge is 0.326 e. The maximum atomic E-state index is 12.1. The minimum absolute atomic E-state index is 0.126. The topological polar surface area (TPSA) is 78.4 Å². The van der Waals surface area contributed by atoms with E-state index in [1.54, 1.807) is 32.1 Å². The summed E-state index contributed by atoms with van der Waals surface area (Å²) < 4.78 is 0. The van der Waals surface area contributed by atoms with E-state index >= 15 is 0 Å². The Morgan fingerprint density at radius 1 is 1.24 bits per heavy atom. The van der Waals surface area contributed by atoms with Crippen LogP contribution >= 0.6 is 11.3 Å². The number of carboxylic acids is 1. The Morgan fingerprint density at radius 3 is 2.24 bits per heavy atom. The van der Waals surface area contributed by atoms with Crippen LogP contribution in [0, 0.1) is 11.3 Å². The highest BCUT2D eigenvalue weighted by Gasteiger charge is 2.33. The van der Waals surface area contributed by atoms with E-state index in [1.165, 1.54) is 0 Å². The van der Waals surface area contributed by atoms with Crippen molar-refractivity contribution in [1.82, 2.24) is 10.6 Å². The van der Waals surface area contributed by atoms with E-state index < -0.39 is 23.5 Å². The second kappa shape index (κ2) is 6.93. The summed E-state index contributed by atoms with van der Waals surface area (Å²) in [6.45, 7) is 9.38. The molecule has 0 saturated heterocycles. The molecule has 1 aromatic rings. The van der Waals surface area contributed by atoms with Crippen molar-refractivity contribution in [1.29, 1.82) is 0 Å². The predicted molar refractivity (Wildman–Crippen MR) is 84.4 cm³/mol. The molecule has 0 aliphatic carbocycles. The highest BCUT2D eigenvalue weighted by atomic mass is 32.1. The summed E-state index contributed by atoms with van der Waals surface area (Å²) in [5.74, 6) is -0.817. The molecule has 21 heavy (non-hydrogen) atoms. The zero-order chi connectivity index (χ0) is 16.2. The van der Waals surface area contributed by atoms with Crippen molar-refractivity contribution >= 4 is 23.3 Å². The van der Waals surface area contributed by atoms with Gasteiger partial charge in [0.2, 0.25) is 0 Å². The van der Waals surface area contributed by atoms with Gasteiger partial charge in [0.05, 0.1) is 6.04 Å². The minimum Gasteiger partial charge on any atom is -0.480 e. The Kier molecular flexibility index (Phi) is 5.78. The Hall–Kier alpha value is -1.56. The van der Waals surface area contributed by atoms with E-state index in [-0.39, 0.29) is 12.0 Å². The molecule has 0 bridgehead atoms. The molecule has 0 aromatic carbocycles. The summed E-state index contributed by atoms with van der Waals surface area (Å²) in [6.07, 6.45) is 0. The summed E-state index contributed by atoms with van der Waals surface area (Å²) in [5, 5.41) is 16.6. The summed E-state index contributed by atoms with van der Waals surface area (Å²) in [7, 11) is 0. The number of hydrogen-bond donors (Lipinski definition) is 3. The fourth-order valence-corrected chi connectivity index (χ4v) is 2.95. The van der Waals surface area contributed by atoms with Crippen LogP contribution in [0.2, 0.25) is 0 Å². The third-order valence-electron chi connectivity index (χ3n) is 3.19. The lowest BCUT2D eigenvalue weighted by atomic mass is 9.87. The molecule has 0 saturated carbocycles. The third kappa shape index (κ3) is 5.04. The Morgan fingerprint density at radius 2 is 1.86 bits per heavy atom. The number of hydrogen-bond acceptors (Lipinski definition) is 3. The average molecular weight is 312 g/mol. The molecular weight excluding hydrogens is 288 g/mol. The first-order chi connectivity index (χ1) is 9.62. The van der Waals surface area contributed by atoms with Gasteiger partial charge in [0, 0.05) is 4.88 Å². The largest absolute Gasteiger partial charge is 0.480 e. The van der Waals surface area contributed by atoms with Crippen molar-refractivity contribution in [3.05, 3.63) is 22.4 Å². The summed E-state index contributed by atoms with van der Waals surface area (Å²) in [6, 6.07) is 2.38. The van der Waals surface area contributed by atoms with Gasteiger partial charge >= 0.3 is 12.0 Å². The summed E-state index contributed by atoms with van der Waals surface area (Å²) >= 11 is 1.57. The van der Waals surface area contributed by atoms with Gasteiger partial charge in [-0.1, -0.05) is 40.7 Å². The van der Waals surface area contributed by atoms with Crippen LogP contribution in [-0.2, 0) is 4.79 Å². The lowest BCUT2D eigenvalue weighted by Crippen LogP contribution is -2.53. The van der Waals surface area contributed by atoms with Gasteiger partial charge in [0.1, 0.15) is 6.04 Å². The first-order valence-corrected chi connectivity index (χ1v) is 7.84. The monoisotopic (exact) mass is 312 g/mol. The van der Waals surface area contributed by atoms with E-state index in [9.17, 15) is 14.7 Å². The molecule has 1 aromatic heterocycles. The summed E-state index contributed by atoms with van der Waals surface area (Å²) in [4.78, 5) is 24.5. The van der Waals surface area contributed by atoms with Gasteiger partial charge in [-0.15, -0.1) is 11.3 Å². The molecule has 1 rings (SSSR count). The lowest BCUT2D eigenvalue weighted by molar-refractivity contribution is -0.141. The number of thiophene rings is 1. The highest BCUT2D eigenvalue weighted by Crippen LogP contribution is 2.26. The molecule has 3 N–H and O–H groups in total. The number of aliphatic carboxylic acids is 1. The van der Waals surface area contributed by atoms with Crippen LogP contribution in [0.25, 0.3) is 0 Å². The number of amides is 2. The molecular formula is C15H24N2O3S. The van der Waals surface area contributed by atoms with Crippen molar-refractivity contribution < 1.29 is 14.7 Å². The highest BCUT2D eigenvalue weighted by molar-refractivity contribution is 7.10. The van der Waals surface area contributed by atoms with Gasteiger partial charge in [-0.25, -0.2) is 9.59 Å². The van der Waals surface area contributed by atoms with Gasteiger partial charge in [-0.3, -0.25) is 0 Å². The van der Waals surface area contributed by atoms with Crippen LogP contribution < -0.4 is 10.6 Å². The first-order valence-electron chi connectivity index (χ1n) is 6.96. The molecule has 0 spiro atoms. The number of carbonyl (C=O) groups excluding carboxylic acids is 1. The zero-order valence-corrected chi connectivity index (χ0v) is 14.0. The molecule has 0 radical (unpaired) electrons. The normalized spacial score (nSPS) is 14.6. The second-order valence-electron chi connectivity index (χ2n) is 6.49. The lowest BCUT2D eigenvalue weighted by Gasteiger charge is -2.29. The molecule has 2 atom stereocenters. The fraction of sp³-hybridized carbons (Fsp3) is 0.600. The first kappa shape index (κ1) is 17.5. The maximum Gasteiger partial charge on any atom is 0.326 e. The van der Waals surface area contributed by atoms with Crippen LogP contribution in [0.15, 0.2) is 17.5 Å². The molecule has 0 fully saturated rings. The van der Waals surface area contributed by atoms with E-state index in [0.29, 0.717) is 0 Å². The number of carbonyl (C=O) groups is 2. The predicted octanol–water partition coefficient (Wildman–Crippen LogP) is 3.24. The third-order valence-corrected chi connectivity index (χ3v) is 4.15. The Balaban J connectivity index is 2.77. The second-order valence-corrected chi connectivity index (χ2v) is 7.47. The fourth-order valence-electron chi connectivity index (χ4n) is 2.00. The standard InChI is InChI=1S/C15H24N2O3S/c1-9(2)11(10-7-6-8-21-10)16-14(20)17-12(13(18)19)15(3,4)5/h6-9,11-12H,1-5H3,(H,18,19)(H2,16,17,20)/t11?,12-/m0/s1. The van der Waals surface area contributed by atoms with Crippen LogP contribution in [-0.4, -0.2) is 23.1 Å². The molecule has 6 heteroatoms. The molecule has 5 nitrogen and oxygen atoms in total. The number of nitrogens with one attached hydrogen (secondary N) is 2. The molecule has 118 valence electrons. The van der Waals surface area contributed by atoms with Crippen LogP contribution in [0.3, 0.4) is 0 Å². The number of rotatable bonds is 5. The van der Waals surface area contributed by atoms with E-state index in [4.69, 9.17) is 0 Å². The quantitative estimate of drug-likeness (QED) is 0.781. The summed E-state index contributed by atoms with van der Waals surface area (Å²) in [5.41, 5.74) is -0.556. The Labute approximate surface area is 129 Å². The molecule has 2 amide bonds. The van der Waals surface area contributed by atoms with Gasteiger partial charge < -0.3 is 15.7 Å². The van der Waals surface area contributed by atoms with Crippen molar-refractivity contribution in [3.8, 4) is 0 Å². The maximum absolute atomic E-state index is 12.1. The van der Waals surface area contributed by atoms with Crippen molar-refractivity contribution in [2.24, 2.45) is 11.3 Å². The van der Waals surface area contributed by atoms with Crippen LogP contribution in [0.5, 0.6) is 0 Å². The van der Waals surface area contributed by atoms with E-state index in [1.807, 2.05) is 31.4 Å². The van der Waals surface area contributed by atoms with Crippen LogP contribution in [0.1, 0.15) is 45.5 Å². The van der Waals surface area contributed by atoms with Gasteiger partial charge in [0.15, 0.2) is 0 Å². The number of urea groups is 1. The van der Waals surface area contributed by atoms with Crippen molar-refractivity contribution in [2.45, 2.75) is 46.7 Å². The number of carboxylic acid groups (broad SMARTS) is 1. The van der Waals surface area contributed by atoms with E-state index in [0.717, 1.165) is 4.88 Å².